The van der Waals surface area contributed by atoms with Crippen molar-refractivity contribution in [1.29, 1.82) is 0 Å². The van der Waals surface area contributed by atoms with Gasteiger partial charge < -0.3 is 0 Å². The molecule has 0 saturated carbocycles. The third-order valence-corrected chi connectivity index (χ3v) is 4.61. The maximum absolute atomic E-state index is 2.29. The van der Waals surface area contributed by atoms with E-state index >= 15 is 0 Å². The van der Waals surface area contributed by atoms with Gasteiger partial charge in [0.2, 0.25) is 0 Å². The van der Waals surface area contributed by atoms with E-state index in [1.807, 2.05) is 11.8 Å². The van der Waals surface area contributed by atoms with Crippen LogP contribution in [0.25, 0.3) is 0 Å². The van der Waals surface area contributed by atoms with Gasteiger partial charge in [0.25, 0.3) is 0 Å². The predicted octanol–water partition coefficient (Wildman–Crippen LogP) is 6.05. The number of unbranched alkanes of at least 4 members (excludes halogenated alkanes) is 9. The van der Waals surface area contributed by atoms with Crippen LogP contribution in [0, 0.1) is 0 Å². The fraction of sp³-hybridized carbons (Fsp3) is 0.667. The van der Waals surface area contributed by atoms with Crippen molar-refractivity contribution in [2.45, 2.75) is 76.0 Å². The second kappa shape index (κ2) is 15.9. The molecule has 0 N–H and O–H groups in total. The Morgan fingerprint density at radius 2 is 1.20 bits per heavy atom. The maximum atomic E-state index is 2.29. The first kappa shape index (κ1) is 20.6. The molecule has 0 aliphatic rings. The van der Waals surface area contributed by atoms with Gasteiger partial charge in [-0.05, 0) is 24.3 Å². The van der Waals surface area contributed by atoms with E-state index in [-0.39, 0.29) is 29.6 Å². The van der Waals surface area contributed by atoms with E-state index in [0.29, 0.717) is 0 Å². The van der Waals surface area contributed by atoms with Gasteiger partial charge in [0.1, 0.15) is 0 Å². The summed E-state index contributed by atoms with van der Waals surface area (Å²) in [6, 6.07) is 10.8. The Labute approximate surface area is 152 Å². The van der Waals surface area contributed by atoms with Crippen LogP contribution in [0.1, 0.15) is 71.1 Å². The normalized spacial score (nSPS) is 10.2. The average Bonchev–Trinajstić information content (AvgIpc) is 2.46. The molecule has 0 spiro atoms. The molecular weight excluding hydrogens is 271 g/mol. The second-order valence-electron chi connectivity index (χ2n) is 5.34. The van der Waals surface area contributed by atoms with Gasteiger partial charge in [-0.15, -0.1) is 11.8 Å². The van der Waals surface area contributed by atoms with Crippen LogP contribution in [-0.2, 0) is 0 Å². The van der Waals surface area contributed by atoms with Crippen molar-refractivity contribution in [3.63, 3.8) is 0 Å². The zero-order valence-corrected chi connectivity index (χ0v) is 13.4. The van der Waals surface area contributed by atoms with E-state index in [4.69, 9.17) is 0 Å². The van der Waals surface area contributed by atoms with Crippen LogP contribution in [0.2, 0.25) is 0 Å². The van der Waals surface area contributed by atoms with Crippen molar-refractivity contribution in [2.75, 3.05) is 5.75 Å². The third kappa shape index (κ3) is 12.3. The van der Waals surface area contributed by atoms with Crippen molar-refractivity contribution in [1.82, 2.24) is 0 Å². The Bertz CT molecular complexity index is 287. The molecule has 110 valence electrons. The Morgan fingerprint density at radius 3 is 1.75 bits per heavy atom. The minimum absolute atomic E-state index is 0. The number of benzene rings is 1. The first-order chi connectivity index (χ1) is 9.43. The van der Waals surface area contributed by atoms with Crippen LogP contribution in [0.5, 0.6) is 0 Å². The van der Waals surface area contributed by atoms with E-state index < -0.39 is 0 Å². The summed E-state index contributed by atoms with van der Waals surface area (Å²) in [4.78, 5) is 1.42. The van der Waals surface area contributed by atoms with Gasteiger partial charge in [0.15, 0.2) is 0 Å². The zero-order chi connectivity index (χ0) is 13.6. The summed E-state index contributed by atoms with van der Waals surface area (Å²) in [6.45, 7) is 2.29. The molecule has 0 aromatic heterocycles. The molecule has 0 aliphatic heterocycles. The molecule has 0 unspecified atom stereocenters. The summed E-state index contributed by atoms with van der Waals surface area (Å²) in [5.41, 5.74) is 0. The molecule has 0 aliphatic carbocycles. The van der Waals surface area contributed by atoms with E-state index in [0.717, 1.165) is 0 Å². The Kier molecular flexibility index (Phi) is 16.4. The molecule has 0 heterocycles. The number of rotatable bonds is 12. The molecule has 20 heavy (non-hydrogen) atoms. The fourth-order valence-corrected chi connectivity index (χ4v) is 3.23. The van der Waals surface area contributed by atoms with Crippen LogP contribution in [-0.4, -0.2) is 35.3 Å². The van der Waals surface area contributed by atoms with Gasteiger partial charge in [-0.2, -0.15) is 0 Å². The van der Waals surface area contributed by atoms with Gasteiger partial charge in [0, 0.05) is 4.90 Å². The first-order valence-electron chi connectivity index (χ1n) is 8.11. The molecule has 0 atom stereocenters. The summed E-state index contributed by atoms with van der Waals surface area (Å²) < 4.78 is 0. The topological polar surface area (TPSA) is 0 Å². The predicted molar refractivity (Wildman–Crippen MR) is 96.2 cm³/mol. The number of thioether (sulfide) groups is 1. The Morgan fingerprint density at radius 1 is 0.700 bits per heavy atom. The second-order valence-corrected chi connectivity index (χ2v) is 6.51. The summed E-state index contributed by atoms with van der Waals surface area (Å²) in [5, 5.41) is 0. The summed E-state index contributed by atoms with van der Waals surface area (Å²) in [6.07, 6.45) is 14.3. The quantitative estimate of drug-likeness (QED) is 0.257. The standard InChI is InChI=1S/C18H30S.Na.H/c1-2-3-4-5-6-7-8-9-10-14-17-19-18-15-12-11-13-16-18;;/h11-13,15-16H,2-10,14,17H2,1H3;;. The van der Waals surface area contributed by atoms with Crippen molar-refractivity contribution >= 4 is 41.3 Å². The summed E-state index contributed by atoms with van der Waals surface area (Å²) in [7, 11) is 0. The van der Waals surface area contributed by atoms with Crippen molar-refractivity contribution < 1.29 is 0 Å². The van der Waals surface area contributed by atoms with Gasteiger partial charge in [-0.25, -0.2) is 0 Å². The molecule has 0 amide bonds. The van der Waals surface area contributed by atoms with Crippen molar-refractivity contribution in [3.8, 4) is 0 Å². The monoisotopic (exact) mass is 302 g/mol. The molecule has 1 aromatic rings. The summed E-state index contributed by atoms with van der Waals surface area (Å²) >= 11 is 2.00. The molecule has 0 nitrogen and oxygen atoms in total. The molecule has 0 radical (unpaired) electrons. The first-order valence-corrected chi connectivity index (χ1v) is 9.10. The zero-order valence-electron chi connectivity index (χ0n) is 12.6. The van der Waals surface area contributed by atoms with E-state index in [1.54, 1.807) is 0 Å². The van der Waals surface area contributed by atoms with Crippen molar-refractivity contribution in [3.05, 3.63) is 30.3 Å². The van der Waals surface area contributed by atoms with Crippen LogP contribution in [0.15, 0.2) is 35.2 Å². The molecule has 1 aromatic carbocycles. The van der Waals surface area contributed by atoms with Gasteiger partial charge in [0.05, 0.1) is 0 Å². The summed E-state index contributed by atoms with van der Waals surface area (Å²) in [5.74, 6) is 1.28. The average molecular weight is 303 g/mol. The van der Waals surface area contributed by atoms with Crippen LogP contribution < -0.4 is 0 Å². The SMILES string of the molecule is CCCCCCCCCCCCSc1ccccc1.[NaH]. The molecule has 2 heteroatoms. The van der Waals surface area contributed by atoms with Crippen molar-refractivity contribution in [2.24, 2.45) is 0 Å². The van der Waals surface area contributed by atoms with Crippen LogP contribution in [0.4, 0.5) is 0 Å². The molecule has 0 saturated heterocycles. The molecular formula is C18H31NaS. The van der Waals surface area contributed by atoms with Crippen LogP contribution in [0.3, 0.4) is 0 Å². The molecule has 0 bridgehead atoms. The van der Waals surface area contributed by atoms with E-state index in [1.165, 1.54) is 74.9 Å². The van der Waals surface area contributed by atoms with E-state index in [2.05, 4.69) is 37.3 Å². The van der Waals surface area contributed by atoms with Gasteiger partial charge in [-0.3, -0.25) is 0 Å². The number of hydrogen-bond acceptors (Lipinski definition) is 1. The molecule has 1 rings (SSSR count). The Balaban J connectivity index is 0.00000361. The van der Waals surface area contributed by atoms with E-state index in [9.17, 15) is 0 Å². The van der Waals surface area contributed by atoms with Gasteiger partial charge >= 0.3 is 29.6 Å². The fourth-order valence-electron chi connectivity index (χ4n) is 2.30. The van der Waals surface area contributed by atoms with Crippen LogP contribution >= 0.6 is 11.8 Å². The number of hydrogen-bond donors (Lipinski definition) is 0. The Hall–Kier alpha value is 0.570. The third-order valence-electron chi connectivity index (χ3n) is 3.51. The minimum atomic E-state index is 0. The molecule has 0 fully saturated rings. The van der Waals surface area contributed by atoms with Gasteiger partial charge in [-0.1, -0.05) is 82.9 Å².